The monoisotopic (exact) mass is 241 g/mol. The molecule has 3 nitrogen and oxygen atoms in total. The van der Waals surface area contributed by atoms with Gasteiger partial charge < -0.3 is 9.88 Å². The predicted molar refractivity (Wildman–Crippen MR) is 73.6 cm³/mol. The van der Waals surface area contributed by atoms with E-state index < -0.39 is 0 Å². The maximum absolute atomic E-state index is 4.53. The summed E-state index contributed by atoms with van der Waals surface area (Å²) in [7, 11) is 0. The molecule has 0 bridgehead atoms. The fourth-order valence-corrected chi connectivity index (χ4v) is 2.80. The molecule has 0 spiro atoms. The molecular weight excluding hydrogens is 222 g/mol. The molecule has 2 aromatic rings. The first-order valence-electron chi connectivity index (χ1n) is 6.65. The molecule has 0 radical (unpaired) electrons. The Morgan fingerprint density at radius 2 is 2.22 bits per heavy atom. The van der Waals surface area contributed by atoms with Crippen molar-refractivity contribution < 1.29 is 0 Å². The average molecular weight is 241 g/mol. The first kappa shape index (κ1) is 11.3. The minimum Gasteiger partial charge on any atom is -0.375 e. The van der Waals surface area contributed by atoms with Gasteiger partial charge in [0.15, 0.2) is 0 Å². The van der Waals surface area contributed by atoms with Crippen molar-refractivity contribution in [2.75, 3.05) is 5.32 Å². The van der Waals surface area contributed by atoms with Crippen molar-refractivity contribution in [2.45, 2.75) is 32.9 Å². The van der Waals surface area contributed by atoms with Gasteiger partial charge in [0.05, 0.1) is 6.04 Å². The summed E-state index contributed by atoms with van der Waals surface area (Å²) in [6.07, 6.45) is 5.07. The highest BCUT2D eigenvalue weighted by Crippen LogP contribution is 2.35. The number of imidazole rings is 1. The van der Waals surface area contributed by atoms with Gasteiger partial charge in [0.25, 0.3) is 0 Å². The second kappa shape index (κ2) is 4.48. The van der Waals surface area contributed by atoms with Crippen LogP contribution >= 0.6 is 0 Å². The van der Waals surface area contributed by atoms with Crippen molar-refractivity contribution in [1.82, 2.24) is 9.55 Å². The van der Waals surface area contributed by atoms with Crippen LogP contribution in [0, 0.1) is 5.92 Å². The van der Waals surface area contributed by atoms with Gasteiger partial charge in [0, 0.05) is 24.6 Å². The molecule has 1 aliphatic heterocycles. The second-order valence-corrected chi connectivity index (χ2v) is 5.03. The van der Waals surface area contributed by atoms with E-state index >= 15 is 0 Å². The molecule has 0 amide bonds. The van der Waals surface area contributed by atoms with Crippen LogP contribution in [0.3, 0.4) is 0 Å². The fourth-order valence-electron chi connectivity index (χ4n) is 2.80. The molecule has 1 aromatic heterocycles. The van der Waals surface area contributed by atoms with E-state index in [9.17, 15) is 0 Å². The van der Waals surface area contributed by atoms with Gasteiger partial charge in [-0.3, -0.25) is 0 Å². The third-order valence-electron chi connectivity index (χ3n) is 3.81. The van der Waals surface area contributed by atoms with Crippen LogP contribution in [0.1, 0.15) is 31.3 Å². The molecule has 0 saturated carbocycles. The third kappa shape index (κ3) is 1.80. The molecule has 94 valence electrons. The van der Waals surface area contributed by atoms with Crippen molar-refractivity contribution in [1.29, 1.82) is 0 Å². The molecule has 1 aromatic carbocycles. The summed E-state index contributed by atoms with van der Waals surface area (Å²) in [6, 6.07) is 8.88. The number of benzene rings is 1. The number of anilines is 1. The quantitative estimate of drug-likeness (QED) is 0.874. The first-order valence-corrected chi connectivity index (χ1v) is 6.65. The molecule has 3 heteroatoms. The minimum atomic E-state index is 0.315. The summed E-state index contributed by atoms with van der Waals surface area (Å²) in [5.41, 5.74) is 2.67. The maximum atomic E-state index is 4.53. The highest BCUT2D eigenvalue weighted by atomic mass is 15.1. The summed E-state index contributed by atoms with van der Waals surface area (Å²) < 4.78 is 2.22. The molecule has 0 saturated heterocycles. The Bertz CT molecular complexity index is 544. The van der Waals surface area contributed by atoms with Gasteiger partial charge in [-0.2, -0.15) is 0 Å². The molecule has 0 aliphatic carbocycles. The average Bonchev–Trinajstić information content (AvgIpc) is 2.86. The SMILES string of the molecule is CCn1ccnc1C1Nc2ccccc2CC1C. The van der Waals surface area contributed by atoms with Gasteiger partial charge in [-0.05, 0) is 30.9 Å². The maximum Gasteiger partial charge on any atom is 0.131 e. The number of hydrogen-bond acceptors (Lipinski definition) is 2. The number of hydrogen-bond donors (Lipinski definition) is 1. The van der Waals surface area contributed by atoms with Crippen LogP contribution in [0.25, 0.3) is 0 Å². The van der Waals surface area contributed by atoms with E-state index in [0.717, 1.165) is 18.8 Å². The summed E-state index contributed by atoms with van der Waals surface area (Å²) in [4.78, 5) is 4.53. The topological polar surface area (TPSA) is 29.9 Å². The van der Waals surface area contributed by atoms with Gasteiger partial charge >= 0.3 is 0 Å². The lowest BCUT2D eigenvalue weighted by molar-refractivity contribution is 0.446. The second-order valence-electron chi connectivity index (χ2n) is 5.03. The highest BCUT2D eigenvalue weighted by molar-refractivity contribution is 5.54. The number of rotatable bonds is 2. The Morgan fingerprint density at radius 3 is 3.06 bits per heavy atom. The lowest BCUT2D eigenvalue weighted by atomic mass is 9.88. The van der Waals surface area contributed by atoms with Crippen molar-refractivity contribution >= 4 is 5.69 Å². The van der Waals surface area contributed by atoms with E-state index in [2.05, 4.69) is 59.2 Å². The van der Waals surface area contributed by atoms with Crippen molar-refractivity contribution in [2.24, 2.45) is 5.92 Å². The lowest BCUT2D eigenvalue weighted by Crippen LogP contribution is -2.28. The molecule has 0 fully saturated rings. The summed E-state index contributed by atoms with van der Waals surface area (Å²) in [5.74, 6) is 1.71. The van der Waals surface area contributed by atoms with E-state index in [1.165, 1.54) is 11.3 Å². The largest absolute Gasteiger partial charge is 0.375 e. The van der Waals surface area contributed by atoms with Gasteiger partial charge in [0.1, 0.15) is 5.82 Å². The van der Waals surface area contributed by atoms with Crippen LogP contribution in [0.4, 0.5) is 5.69 Å². The van der Waals surface area contributed by atoms with E-state index in [1.807, 2.05) is 6.20 Å². The van der Waals surface area contributed by atoms with Crippen molar-refractivity contribution in [3.05, 3.63) is 48.0 Å². The number of para-hydroxylation sites is 1. The smallest absolute Gasteiger partial charge is 0.131 e. The Morgan fingerprint density at radius 1 is 1.39 bits per heavy atom. The molecule has 3 rings (SSSR count). The van der Waals surface area contributed by atoms with Crippen LogP contribution in [-0.2, 0) is 13.0 Å². The van der Waals surface area contributed by atoms with Crippen LogP contribution in [0.15, 0.2) is 36.7 Å². The summed E-state index contributed by atoms with van der Waals surface area (Å²) in [6.45, 7) is 5.43. The normalized spacial score (nSPS) is 22.3. The van der Waals surface area contributed by atoms with Gasteiger partial charge in [0.2, 0.25) is 0 Å². The molecule has 2 atom stereocenters. The van der Waals surface area contributed by atoms with Gasteiger partial charge in [-0.15, -0.1) is 0 Å². The minimum absolute atomic E-state index is 0.315. The Kier molecular flexibility index (Phi) is 2.82. The van der Waals surface area contributed by atoms with Crippen LogP contribution in [0.5, 0.6) is 0 Å². The summed E-state index contributed by atoms with van der Waals surface area (Å²) >= 11 is 0. The number of nitrogens with one attached hydrogen (secondary N) is 1. The van der Waals surface area contributed by atoms with Gasteiger partial charge in [-0.1, -0.05) is 25.1 Å². The molecule has 1 aliphatic rings. The van der Waals surface area contributed by atoms with Gasteiger partial charge in [-0.25, -0.2) is 4.98 Å². The number of nitrogens with zero attached hydrogens (tertiary/aromatic N) is 2. The Balaban J connectivity index is 1.96. The molecule has 2 unspecified atom stereocenters. The Labute approximate surface area is 108 Å². The van der Waals surface area contributed by atoms with Crippen LogP contribution in [0.2, 0.25) is 0 Å². The zero-order chi connectivity index (χ0) is 12.5. The fraction of sp³-hybridized carbons (Fsp3) is 0.400. The Hall–Kier alpha value is -1.77. The molecular formula is C15H19N3. The zero-order valence-corrected chi connectivity index (χ0v) is 10.9. The summed E-state index contributed by atoms with van der Waals surface area (Å²) in [5, 5.41) is 3.64. The standard InChI is InChI=1S/C15H19N3/c1-3-18-9-8-16-15(18)14-11(2)10-12-6-4-5-7-13(12)17-14/h4-9,11,14,17H,3,10H2,1-2H3. The van der Waals surface area contributed by atoms with E-state index in [-0.39, 0.29) is 0 Å². The van der Waals surface area contributed by atoms with E-state index in [4.69, 9.17) is 0 Å². The number of fused-ring (bicyclic) bond motifs is 1. The number of aryl methyl sites for hydroxylation is 1. The molecule has 18 heavy (non-hydrogen) atoms. The lowest BCUT2D eigenvalue weighted by Gasteiger charge is -2.32. The van der Waals surface area contributed by atoms with E-state index in [1.54, 1.807) is 0 Å². The number of aromatic nitrogens is 2. The van der Waals surface area contributed by atoms with E-state index in [0.29, 0.717) is 12.0 Å². The van der Waals surface area contributed by atoms with Crippen LogP contribution in [-0.4, -0.2) is 9.55 Å². The highest BCUT2D eigenvalue weighted by Gasteiger charge is 2.28. The van der Waals surface area contributed by atoms with Crippen molar-refractivity contribution in [3.63, 3.8) is 0 Å². The first-order chi connectivity index (χ1) is 8.79. The molecule has 2 heterocycles. The molecule has 1 N–H and O–H groups in total. The van der Waals surface area contributed by atoms with Crippen molar-refractivity contribution in [3.8, 4) is 0 Å². The zero-order valence-electron chi connectivity index (χ0n) is 10.9. The third-order valence-corrected chi connectivity index (χ3v) is 3.81. The van der Waals surface area contributed by atoms with Crippen LogP contribution < -0.4 is 5.32 Å². The predicted octanol–water partition coefficient (Wildman–Crippen LogP) is 3.25.